The third-order valence-electron chi connectivity index (χ3n) is 2.82. The van der Waals surface area contributed by atoms with Gasteiger partial charge in [0.05, 0.1) is 5.03 Å². The lowest BCUT2D eigenvalue weighted by Gasteiger charge is -2.23. The van der Waals surface area contributed by atoms with Gasteiger partial charge in [-0.3, -0.25) is 0 Å². The Morgan fingerprint density at radius 2 is 1.59 bits per heavy atom. The second kappa shape index (κ2) is 4.27. The van der Waals surface area contributed by atoms with Gasteiger partial charge < -0.3 is 4.74 Å². The number of fused-ring (bicyclic) bond motifs is 1. The lowest BCUT2D eigenvalue weighted by molar-refractivity contribution is 0.251. The fourth-order valence-electron chi connectivity index (χ4n) is 1.97. The van der Waals surface area contributed by atoms with Crippen molar-refractivity contribution in [1.82, 2.24) is 0 Å². The average Bonchev–Trinajstić information content (AvgIpc) is 2.40. The molecule has 0 saturated carbocycles. The summed E-state index contributed by atoms with van der Waals surface area (Å²) in [4.78, 5) is 0. The first-order chi connectivity index (χ1) is 8.34. The number of benzene rings is 2. The topological polar surface area (TPSA) is 9.23 Å². The monoisotopic (exact) mass is 242 g/mol. The molecule has 1 unspecified atom stereocenters. The van der Waals surface area contributed by atoms with Crippen LogP contribution in [0.25, 0.3) is 5.03 Å². The molecular weight excluding hydrogens is 232 g/mol. The Morgan fingerprint density at radius 1 is 0.882 bits per heavy atom. The summed E-state index contributed by atoms with van der Waals surface area (Å²) in [5.41, 5.74) is 2.07. The summed E-state index contributed by atoms with van der Waals surface area (Å²) in [6.07, 6.45) is 1.85. The average molecular weight is 243 g/mol. The predicted octanol–water partition coefficient (Wildman–Crippen LogP) is 4.40. The van der Waals surface area contributed by atoms with Gasteiger partial charge in [-0.25, -0.2) is 0 Å². The molecule has 3 rings (SSSR count). The molecule has 2 heteroatoms. The Labute approximate surface area is 105 Å². The molecule has 1 aliphatic heterocycles. The molecule has 17 heavy (non-hydrogen) atoms. The maximum absolute atomic E-state index is 6.27. The normalized spacial score (nSPS) is 17.9. The van der Waals surface area contributed by atoms with Crippen molar-refractivity contribution in [3.63, 3.8) is 0 Å². The van der Waals surface area contributed by atoms with E-state index in [2.05, 4.69) is 0 Å². The quantitative estimate of drug-likeness (QED) is 0.720. The molecule has 0 aromatic heterocycles. The third kappa shape index (κ3) is 1.94. The fourth-order valence-corrected chi connectivity index (χ4v) is 2.24. The van der Waals surface area contributed by atoms with Crippen molar-refractivity contribution in [1.29, 1.82) is 0 Å². The molecule has 0 bridgehead atoms. The standard InChI is InChI=1S/C15H11ClO/c16-13-10-15(11-6-2-1-3-7-11)17-14-9-5-4-8-12(13)14/h1-10,15H. The van der Waals surface area contributed by atoms with Crippen LogP contribution in [0, 0.1) is 0 Å². The van der Waals surface area contributed by atoms with Crippen LogP contribution >= 0.6 is 11.6 Å². The SMILES string of the molecule is ClC1=CC(c2ccccc2)Oc2ccccc21. The van der Waals surface area contributed by atoms with Crippen molar-refractivity contribution in [2.75, 3.05) is 0 Å². The van der Waals surface area contributed by atoms with E-state index in [9.17, 15) is 0 Å². The summed E-state index contributed by atoms with van der Waals surface area (Å²) in [5, 5.41) is 0.751. The number of hydrogen-bond acceptors (Lipinski definition) is 1. The van der Waals surface area contributed by atoms with Gasteiger partial charge >= 0.3 is 0 Å². The molecule has 0 N–H and O–H groups in total. The van der Waals surface area contributed by atoms with E-state index in [0.717, 1.165) is 21.9 Å². The first-order valence-corrected chi connectivity index (χ1v) is 5.91. The molecule has 0 saturated heterocycles. The smallest absolute Gasteiger partial charge is 0.144 e. The van der Waals surface area contributed by atoms with Crippen molar-refractivity contribution in [2.24, 2.45) is 0 Å². The summed E-state index contributed by atoms with van der Waals surface area (Å²) in [6, 6.07) is 17.9. The summed E-state index contributed by atoms with van der Waals surface area (Å²) in [5.74, 6) is 0.842. The molecule has 0 aliphatic carbocycles. The van der Waals surface area contributed by atoms with Crippen LogP contribution in [0.4, 0.5) is 0 Å². The fraction of sp³-hybridized carbons (Fsp3) is 0.0667. The van der Waals surface area contributed by atoms with Gasteiger partial charge in [0.25, 0.3) is 0 Å². The summed E-state index contributed by atoms with van der Waals surface area (Å²) in [6.45, 7) is 0. The molecule has 2 aromatic carbocycles. The maximum atomic E-state index is 6.27. The van der Waals surface area contributed by atoms with Gasteiger partial charge in [0.2, 0.25) is 0 Å². The first-order valence-electron chi connectivity index (χ1n) is 5.53. The number of hydrogen-bond donors (Lipinski definition) is 0. The minimum atomic E-state index is -0.0985. The van der Waals surface area contributed by atoms with Gasteiger partial charge in [-0.15, -0.1) is 0 Å². The molecule has 1 nitrogen and oxygen atoms in total. The van der Waals surface area contributed by atoms with Crippen molar-refractivity contribution >= 4 is 16.6 Å². The van der Waals surface area contributed by atoms with Crippen molar-refractivity contribution < 1.29 is 4.74 Å². The number of halogens is 1. The van der Waals surface area contributed by atoms with Gasteiger partial charge in [-0.2, -0.15) is 0 Å². The minimum Gasteiger partial charge on any atom is -0.481 e. The number of rotatable bonds is 1. The van der Waals surface area contributed by atoms with E-state index in [1.54, 1.807) is 0 Å². The number of para-hydroxylation sites is 1. The lowest BCUT2D eigenvalue weighted by Crippen LogP contribution is -2.09. The molecule has 0 fully saturated rings. The molecule has 0 radical (unpaired) electrons. The van der Waals surface area contributed by atoms with Crippen molar-refractivity contribution in [3.05, 3.63) is 71.8 Å². The third-order valence-corrected chi connectivity index (χ3v) is 3.15. The highest BCUT2D eigenvalue weighted by atomic mass is 35.5. The van der Waals surface area contributed by atoms with E-state index >= 15 is 0 Å². The van der Waals surface area contributed by atoms with Crippen LogP contribution in [0.3, 0.4) is 0 Å². The van der Waals surface area contributed by atoms with E-state index in [0.29, 0.717) is 0 Å². The van der Waals surface area contributed by atoms with Gasteiger partial charge in [0.1, 0.15) is 11.9 Å². The molecule has 0 spiro atoms. The summed E-state index contributed by atoms with van der Waals surface area (Å²) < 4.78 is 5.93. The molecule has 2 aromatic rings. The molecule has 1 heterocycles. The van der Waals surface area contributed by atoms with Gasteiger partial charge in [-0.1, -0.05) is 54.1 Å². The zero-order valence-corrected chi connectivity index (χ0v) is 9.89. The highest BCUT2D eigenvalue weighted by molar-refractivity contribution is 6.49. The van der Waals surface area contributed by atoms with Gasteiger partial charge in [0, 0.05) is 5.56 Å². The Balaban J connectivity index is 2.02. The van der Waals surface area contributed by atoms with E-state index in [1.807, 2.05) is 60.7 Å². The lowest BCUT2D eigenvalue weighted by atomic mass is 10.0. The Morgan fingerprint density at radius 3 is 2.41 bits per heavy atom. The van der Waals surface area contributed by atoms with E-state index in [-0.39, 0.29) is 6.10 Å². The molecule has 0 amide bonds. The van der Waals surface area contributed by atoms with Crippen molar-refractivity contribution in [2.45, 2.75) is 6.10 Å². The Bertz CT molecular complexity index is 560. The second-order valence-corrected chi connectivity index (χ2v) is 4.37. The van der Waals surface area contributed by atoms with E-state index < -0.39 is 0 Å². The highest BCUT2D eigenvalue weighted by Gasteiger charge is 2.20. The summed E-state index contributed by atoms with van der Waals surface area (Å²) >= 11 is 6.27. The van der Waals surface area contributed by atoms with Crippen LogP contribution < -0.4 is 4.74 Å². The minimum absolute atomic E-state index is 0.0985. The van der Waals surface area contributed by atoms with E-state index in [1.165, 1.54) is 0 Å². The van der Waals surface area contributed by atoms with Crippen molar-refractivity contribution in [3.8, 4) is 5.75 Å². The Hall–Kier alpha value is -1.73. The predicted molar refractivity (Wildman–Crippen MR) is 70.1 cm³/mol. The first kappa shape index (κ1) is 10.4. The Kier molecular flexibility index (Phi) is 2.62. The van der Waals surface area contributed by atoms with Crippen LogP contribution in [0.1, 0.15) is 17.2 Å². The van der Waals surface area contributed by atoms with Crippen LogP contribution in [-0.4, -0.2) is 0 Å². The van der Waals surface area contributed by atoms with Crippen LogP contribution in [0.5, 0.6) is 5.75 Å². The van der Waals surface area contributed by atoms with Crippen LogP contribution in [0.2, 0.25) is 0 Å². The summed E-state index contributed by atoms with van der Waals surface area (Å²) in [7, 11) is 0. The molecule has 1 atom stereocenters. The molecule has 84 valence electrons. The zero-order valence-electron chi connectivity index (χ0n) is 9.14. The number of ether oxygens (including phenoxy) is 1. The van der Waals surface area contributed by atoms with Crippen LogP contribution in [-0.2, 0) is 0 Å². The molecule has 1 aliphatic rings. The zero-order chi connectivity index (χ0) is 11.7. The second-order valence-electron chi connectivity index (χ2n) is 3.96. The highest BCUT2D eigenvalue weighted by Crippen LogP contribution is 2.38. The molecular formula is C15H11ClO. The largest absolute Gasteiger partial charge is 0.481 e. The van der Waals surface area contributed by atoms with Crippen LogP contribution in [0.15, 0.2) is 60.7 Å². The maximum Gasteiger partial charge on any atom is 0.144 e. The van der Waals surface area contributed by atoms with Gasteiger partial charge in [-0.05, 0) is 23.8 Å². The van der Waals surface area contributed by atoms with Gasteiger partial charge in [0.15, 0.2) is 0 Å². The van der Waals surface area contributed by atoms with E-state index in [4.69, 9.17) is 16.3 Å².